The minimum atomic E-state index is -1.16. The molecule has 0 bridgehead atoms. The molecular formula is C21H22N4O9. The number of aliphatic hydroxyl groups is 1. The topological polar surface area (TPSA) is 180 Å². The zero-order chi connectivity index (χ0) is 25.0. The number of ether oxygens (including phenoxy) is 1. The Kier molecular flexibility index (Phi) is 7.02. The fraction of sp³-hybridized carbons (Fsp3) is 0.429. The molecule has 1 aliphatic heterocycles. The van der Waals surface area contributed by atoms with Gasteiger partial charge in [0.15, 0.2) is 0 Å². The number of rotatable bonds is 9. The molecule has 3 atom stereocenters. The summed E-state index contributed by atoms with van der Waals surface area (Å²) in [6.45, 7) is 3.04. The molecule has 0 saturated heterocycles. The molecule has 0 radical (unpaired) electrons. The molecule has 0 saturated carbocycles. The summed E-state index contributed by atoms with van der Waals surface area (Å²) >= 11 is 0. The summed E-state index contributed by atoms with van der Waals surface area (Å²) in [6, 6.07) is 8.41. The first-order chi connectivity index (χ1) is 16.0. The van der Waals surface area contributed by atoms with E-state index in [-0.39, 0.29) is 25.0 Å². The van der Waals surface area contributed by atoms with E-state index in [1.54, 1.807) is 26.0 Å². The molecular weight excluding hydrogens is 452 g/mol. The number of aromatic nitrogens is 1. The molecule has 1 aromatic heterocycles. The normalized spacial score (nSPS) is 19.1. The van der Waals surface area contributed by atoms with E-state index in [2.05, 4.69) is 9.68 Å². The average molecular weight is 474 g/mol. The Labute approximate surface area is 192 Å². The number of hydrogen-bond donors (Lipinski definition) is 1. The Morgan fingerprint density at radius 2 is 2.00 bits per heavy atom. The van der Waals surface area contributed by atoms with Gasteiger partial charge in [-0.3, -0.25) is 4.79 Å². The third-order valence-corrected chi connectivity index (χ3v) is 5.51. The van der Waals surface area contributed by atoms with E-state index in [1.807, 2.05) is 6.07 Å². The standard InChI is InChI=1S/C21H22N4O9/c1-21(2)20(27)19(15-10-13(12-22)5-6-17(15)33-21)23-8-7-14(11-18(23)26)16(34-25(30)31)4-3-9-32-24(28)29/h5-8,10-11,16,19-20,27H,3-4,9H2,1-2H3/t16?,19-,20+/m1/s1. The Balaban J connectivity index is 1.97. The summed E-state index contributed by atoms with van der Waals surface area (Å²) in [4.78, 5) is 43.2. The molecule has 180 valence electrons. The van der Waals surface area contributed by atoms with Gasteiger partial charge in [0.05, 0.1) is 24.3 Å². The minimum Gasteiger partial charge on any atom is -0.485 e. The summed E-state index contributed by atoms with van der Waals surface area (Å²) in [6.07, 6.45) is -0.886. The first-order valence-electron chi connectivity index (χ1n) is 10.2. The van der Waals surface area contributed by atoms with Crippen molar-refractivity contribution in [3.63, 3.8) is 0 Å². The lowest BCUT2D eigenvalue weighted by Crippen LogP contribution is -2.52. The maximum absolute atomic E-state index is 13.1. The van der Waals surface area contributed by atoms with Crippen LogP contribution in [0.5, 0.6) is 5.75 Å². The van der Waals surface area contributed by atoms with Crippen molar-refractivity contribution in [2.75, 3.05) is 6.61 Å². The first-order valence-corrected chi connectivity index (χ1v) is 10.2. The van der Waals surface area contributed by atoms with Gasteiger partial charge in [-0.05, 0) is 56.5 Å². The van der Waals surface area contributed by atoms with Crippen LogP contribution in [0.3, 0.4) is 0 Å². The van der Waals surface area contributed by atoms with Gasteiger partial charge in [0.25, 0.3) is 15.7 Å². The van der Waals surface area contributed by atoms with Gasteiger partial charge in [0.2, 0.25) is 0 Å². The zero-order valence-corrected chi connectivity index (χ0v) is 18.3. The van der Waals surface area contributed by atoms with Crippen molar-refractivity contribution in [1.82, 2.24) is 4.57 Å². The summed E-state index contributed by atoms with van der Waals surface area (Å²) in [5.41, 5.74) is -0.689. The minimum absolute atomic E-state index is 0.0143. The number of nitriles is 1. The predicted octanol–water partition coefficient (Wildman–Crippen LogP) is 2.08. The van der Waals surface area contributed by atoms with Crippen LogP contribution in [0.2, 0.25) is 0 Å². The number of pyridine rings is 1. The van der Waals surface area contributed by atoms with Gasteiger partial charge in [-0.15, -0.1) is 20.2 Å². The molecule has 3 rings (SSSR count). The SMILES string of the molecule is CC1(C)Oc2ccc(C#N)cc2[C@@H](n2ccc(C(CCCO[N+](=O)[O-])O[N+](=O)[O-])cc2=O)[C@@H]1O. The Bertz CT molecular complexity index is 1190. The fourth-order valence-corrected chi connectivity index (χ4v) is 3.87. The van der Waals surface area contributed by atoms with Crippen LogP contribution >= 0.6 is 0 Å². The highest BCUT2D eigenvalue weighted by atomic mass is 17.0. The molecule has 34 heavy (non-hydrogen) atoms. The van der Waals surface area contributed by atoms with Crippen molar-refractivity contribution in [3.05, 3.63) is 83.8 Å². The van der Waals surface area contributed by atoms with E-state index < -0.39 is 39.6 Å². The number of benzene rings is 1. The van der Waals surface area contributed by atoms with Crippen LogP contribution < -0.4 is 10.3 Å². The van der Waals surface area contributed by atoms with Crippen LogP contribution in [-0.4, -0.2) is 38.2 Å². The summed E-state index contributed by atoms with van der Waals surface area (Å²) < 4.78 is 7.13. The van der Waals surface area contributed by atoms with Crippen molar-refractivity contribution in [3.8, 4) is 11.8 Å². The lowest BCUT2D eigenvalue weighted by Gasteiger charge is -2.42. The van der Waals surface area contributed by atoms with Crippen LogP contribution in [0.25, 0.3) is 0 Å². The molecule has 1 N–H and O–H groups in total. The fourth-order valence-electron chi connectivity index (χ4n) is 3.87. The Morgan fingerprint density at radius 1 is 1.26 bits per heavy atom. The van der Waals surface area contributed by atoms with Gasteiger partial charge in [0.1, 0.15) is 23.6 Å². The van der Waals surface area contributed by atoms with E-state index in [0.717, 1.165) is 6.07 Å². The van der Waals surface area contributed by atoms with Crippen molar-refractivity contribution in [2.45, 2.75) is 50.5 Å². The maximum atomic E-state index is 13.1. The van der Waals surface area contributed by atoms with Gasteiger partial charge in [-0.2, -0.15) is 5.26 Å². The molecule has 1 unspecified atom stereocenters. The van der Waals surface area contributed by atoms with Gasteiger partial charge in [-0.25, -0.2) is 0 Å². The van der Waals surface area contributed by atoms with Crippen molar-refractivity contribution >= 4 is 0 Å². The molecule has 13 heteroatoms. The molecule has 0 fully saturated rings. The molecule has 1 aliphatic rings. The molecule has 0 spiro atoms. The van der Waals surface area contributed by atoms with Crippen LogP contribution in [0.15, 0.2) is 41.3 Å². The van der Waals surface area contributed by atoms with Crippen molar-refractivity contribution < 1.29 is 29.7 Å². The smallest absolute Gasteiger partial charge is 0.295 e. The Hall–Kier alpha value is -4.18. The molecule has 13 nitrogen and oxygen atoms in total. The second kappa shape index (κ2) is 9.75. The van der Waals surface area contributed by atoms with Crippen LogP contribution in [0, 0.1) is 31.6 Å². The van der Waals surface area contributed by atoms with E-state index >= 15 is 0 Å². The summed E-state index contributed by atoms with van der Waals surface area (Å²) in [5.74, 6) is 0.413. The molecule has 0 aliphatic carbocycles. The second-order valence-corrected chi connectivity index (χ2v) is 8.18. The van der Waals surface area contributed by atoms with Crippen LogP contribution in [0.4, 0.5) is 0 Å². The number of hydrogen-bond acceptors (Lipinski definition) is 10. The van der Waals surface area contributed by atoms with Crippen molar-refractivity contribution in [1.29, 1.82) is 5.26 Å². The highest BCUT2D eigenvalue weighted by Gasteiger charge is 2.44. The molecule has 0 amide bonds. The summed E-state index contributed by atoms with van der Waals surface area (Å²) in [5, 5.41) is 39.5. The predicted molar refractivity (Wildman–Crippen MR) is 114 cm³/mol. The van der Waals surface area contributed by atoms with E-state index in [9.17, 15) is 35.4 Å². The molecule has 1 aromatic carbocycles. The lowest BCUT2D eigenvalue weighted by atomic mass is 9.85. The summed E-state index contributed by atoms with van der Waals surface area (Å²) in [7, 11) is 0. The quantitative estimate of drug-likeness (QED) is 0.321. The third kappa shape index (κ3) is 5.24. The average Bonchev–Trinajstić information content (AvgIpc) is 2.76. The molecule has 2 heterocycles. The maximum Gasteiger partial charge on any atom is 0.295 e. The first kappa shape index (κ1) is 24.5. The number of nitrogens with zero attached hydrogens (tertiary/aromatic N) is 4. The van der Waals surface area contributed by atoms with E-state index in [0.29, 0.717) is 16.9 Å². The van der Waals surface area contributed by atoms with Gasteiger partial charge < -0.3 is 24.1 Å². The third-order valence-electron chi connectivity index (χ3n) is 5.51. The lowest BCUT2D eigenvalue weighted by molar-refractivity contribution is -0.772. The number of aliphatic hydroxyl groups excluding tert-OH is 1. The van der Waals surface area contributed by atoms with Gasteiger partial charge in [-0.1, -0.05) is 0 Å². The molecule has 2 aromatic rings. The van der Waals surface area contributed by atoms with Gasteiger partial charge >= 0.3 is 0 Å². The zero-order valence-electron chi connectivity index (χ0n) is 18.3. The van der Waals surface area contributed by atoms with Gasteiger partial charge in [0, 0.05) is 17.8 Å². The van der Waals surface area contributed by atoms with E-state index in [1.165, 1.54) is 22.9 Å². The monoisotopic (exact) mass is 474 g/mol. The highest BCUT2D eigenvalue weighted by Crippen LogP contribution is 2.41. The second-order valence-electron chi connectivity index (χ2n) is 8.18. The highest BCUT2D eigenvalue weighted by molar-refractivity contribution is 5.46. The van der Waals surface area contributed by atoms with Crippen LogP contribution in [-0.2, 0) is 9.68 Å². The van der Waals surface area contributed by atoms with E-state index in [4.69, 9.17) is 4.74 Å². The number of fused-ring (bicyclic) bond motifs is 1. The van der Waals surface area contributed by atoms with Crippen molar-refractivity contribution in [2.24, 2.45) is 0 Å². The Morgan fingerprint density at radius 3 is 2.62 bits per heavy atom. The largest absolute Gasteiger partial charge is 0.485 e. The van der Waals surface area contributed by atoms with Crippen LogP contribution in [0.1, 0.15) is 55.5 Å².